The molecule has 15 heavy (non-hydrogen) atoms. The number of hydrogen-bond donors (Lipinski definition) is 0. The van der Waals surface area contributed by atoms with Gasteiger partial charge in [0.05, 0.1) is 0 Å². The Morgan fingerprint density at radius 1 is 1.27 bits per heavy atom. The summed E-state index contributed by atoms with van der Waals surface area (Å²) in [7, 11) is 0. The molecule has 1 aliphatic rings. The van der Waals surface area contributed by atoms with Crippen molar-refractivity contribution >= 4 is 0 Å². The van der Waals surface area contributed by atoms with E-state index < -0.39 is 12.2 Å². The van der Waals surface area contributed by atoms with E-state index in [1.165, 1.54) is 0 Å². The fourth-order valence-electron chi connectivity index (χ4n) is 2.34. The molecule has 0 aromatic rings. The van der Waals surface area contributed by atoms with Gasteiger partial charge in [-0.15, -0.1) is 0 Å². The molecule has 0 aliphatic carbocycles. The number of hydrogen-bond acceptors (Lipinski definition) is 1. The lowest BCUT2D eigenvalue weighted by Crippen LogP contribution is -2.51. The number of nitrogens with zero attached hydrogens (tertiary/aromatic N) is 1. The zero-order valence-corrected chi connectivity index (χ0v) is 9.64. The molecule has 2 atom stereocenters. The molecular weight excluding hydrogens is 203 g/mol. The Bertz CT molecular complexity index is 200. The highest BCUT2D eigenvalue weighted by Crippen LogP contribution is 2.35. The van der Waals surface area contributed by atoms with Crippen molar-refractivity contribution in [1.82, 2.24) is 4.90 Å². The van der Waals surface area contributed by atoms with E-state index in [4.69, 9.17) is 0 Å². The topological polar surface area (TPSA) is 3.24 Å². The summed E-state index contributed by atoms with van der Waals surface area (Å²) in [5, 5.41) is 0. The van der Waals surface area contributed by atoms with Crippen LogP contribution in [0.4, 0.5) is 13.2 Å². The SMILES string of the molecule is CCN1CC(C(C)C)CCC1C(F)(F)F. The summed E-state index contributed by atoms with van der Waals surface area (Å²) in [6, 6.07) is -1.21. The summed E-state index contributed by atoms with van der Waals surface area (Å²) >= 11 is 0. The second-order valence-corrected chi connectivity index (χ2v) is 4.73. The van der Waals surface area contributed by atoms with E-state index in [1.807, 2.05) is 0 Å². The number of rotatable bonds is 2. The number of alkyl halides is 3. The molecule has 0 N–H and O–H groups in total. The molecule has 1 aliphatic heterocycles. The second kappa shape index (κ2) is 4.73. The normalized spacial score (nSPS) is 29.8. The molecule has 0 bridgehead atoms. The summed E-state index contributed by atoms with van der Waals surface area (Å²) in [5.74, 6) is 0.900. The Morgan fingerprint density at radius 2 is 1.87 bits per heavy atom. The minimum atomic E-state index is -4.06. The van der Waals surface area contributed by atoms with Gasteiger partial charge in [-0.2, -0.15) is 13.2 Å². The molecule has 0 radical (unpaired) electrons. The van der Waals surface area contributed by atoms with Gasteiger partial charge in [0.15, 0.2) is 0 Å². The van der Waals surface area contributed by atoms with E-state index in [0.29, 0.717) is 31.3 Å². The van der Waals surface area contributed by atoms with Crippen molar-refractivity contribution in [3.8, 4) is 0 Å². The predicted molar refractivity (Wildman–Crippen MR) is 54.7 cm³/mol. The minimum Gasteiger partial charge on any atom is -0.292 e. The highest BCUT2D eigenvalue weighted by Gasteiger charge is 2.45. The predicted octanol–water partition coefficient (Wildman–Crippen LogP) is 3.31. The molecule has 1 nitrogen and oxygen atoms in total. The van der Waals surface area contributed by atoms with E-state index in [9.17, 15) is 13.2 Å². The lowest BCUT2D eigenvalue weighted by Gasteiger charge is -2.41. The summed E-state index contributed by atoms with van der Waals surface area (Å²) in [5.41, 5.74) is 0. The van der Waals surface area contributed by atoms with Gasteiger partial charge in [-0.25, -0.2) is 0 Å². The van der Waals surface area contributed by atoms with Gasteiger partial charge in [0.1, 0.15) is 6.04 Å². The van der Waals surface area contributed by atoms with E-state index in [-0.39, 0.29) is 6.42 Å². The lowest BCUT2D eigenvalue weighted by atomic mass is 9.85. The van der Waals surface area contributed by atoms with Crippen LogP contribution >= 0.6 is 0 Å². The molecule has 1 rings (SSSR count). The van der Waals surface area contributed by atoms with Crippen molar-refractivity contribution in [3.05, 3.63) is 0 Å². The zero-order chi connectivity index (χ0) is 11.6. The smallest absolute Gasteiger partial charge is 0.292 e. The first-order chi connectivity index (χ1) is 6.86. The van der Waals surface area contributed by atoms with E-state index in [1.54, 1.807) is 11.8 Å². The fraction of sp³-hybridized carbons (Fsp3) is 1.00. The van der Waals surface area contributed by atoms with Crippen molar-refractivity contribution < 1.29 is 13.2 Å². The summed E-state index contributed by atoms with van der Waals surface area (Å²) < 4.78 is 38.0. The van der Waals surface area contributed by atoms with Crippen molar-refractivity contribution in [2.75, 3.05) is 13.1 Å². The van der Waals surface area contributed by atoms with Gasteiger partial charge in [0.2, 0.25) is 0 Å². The quantitative estimate of drug-likeness (QED) is 0.694. The third-order valence-corrected chi connectivity index (χ3v) is 3.45. The van der Waals surface area contributed by atoms with Crippen molar-refractivity contribution in [1.29, 1.82) is 0 Å². The molecule has 90 valence electrons. The van der Waals surface area contributed by atoms with Crippen molar-refractivity contribution in [2.24, 2.45) is 11.8 Å². The van der Waals surface area contributed by atoms with Crippen LogP contribution in [0.25, 0.3) is 0 Å². The Morgan fingerprint density at radius 3 is 2.27 bits per heavy atom. The fourth-order valence-corrected chi connectivity index (χ4v) is 2.34. The Balaban J connectivity index is 2.65. The molecule has 1 saturated heterocycles. The van der Waals surface area contributed by atoms with Crippen LogP contribution in [-0.2, 0) is 0 Å². The number of halogens is 3. The molecule has 0 aromatic carbocycles. The van der Waals surface area contributed by atoms with Gasteiger partial charge in [-0.3, -0.25) is 4.90 Å². The van der Waals surface area contributed by atoms with Gasteiger partial charge >= 0.3 is 6.18 Å². The molecule has 0 saturated carbocycles. The lowest BCUT2D eigenvalue weighted by molar-refractivity contribution is -0.195. The van der Waals surface area contributed by atoms with Crippen molar-refractivity contribution in [3.63, 3.8) is 0 Å². The first-order valence-corrected chi connectivity index (χ1v) is 5.67. The van der Waals surface area contributed by atoms with Crippen LogP contribution in [0.2, 0.25) is 0 Å². The molecule has 0 aromatic heterocycles. The first-order valence-electron chi connectivity index (χ1n) is 5.67. The second-order valence-electron chi connectivity index (χ2n) is 4.73. The third-order valence-electron chi connectivity index (χ3n) is 3.45. The summed E-state index contributed by atoms with van der Waals surface area (Å²) in [6.45, 7) is 7.08. The molecule has 0 spiro atoms. The maximum absolute atomic E-state index is 12.7. The average molecular weight is 223 g/mol. The van der Waals surface area contributed by atoms with Crippen LogP contribution in [-0.4, -0.2) is 30.2 Å². The zero-order valence-electron chi connectivity index (χ0n) is 9.64. The minimum absolute atomic E-state index is 0.264. The van der Waals surface area contributed by atoms with Crippen LogP contribution in [0.15, 0.2) is 0 Å². The largest absolute Gasteiger partial charge is 0.404 e. The highest BCUT2D eigenvalue weighted by molar-refractivity contribution is 4.86. The maximum Gasteiger partial charge on any atom is 0.404 e. The molecule has 1 fully saturated rings. The van der Waals surface area contributed by atoms with Gasteiger partial charge in [-0.1, -0.05) is 20.8 Å². The Hall–Kier alpha value is -0.250. The number of piperidine rings is 1. The third kappa shape index (κ3) is 3.10. The van der Waals surface area contributed by atoms with Gasteiger partial charge < -0.3 is 0 Å². The van der Waals surface area contributed by atoms with Crippen molar-refractivity contribution in [2.45, 2.75) is 45.8 Å². The van der Waals surface area contributed by atoms with E-state index >= 15 is 0 Å². The van der Waals surface area contributed by atoms with Gasteiger partial charge in [0.25, 0.3) is 0 Å². The summed E-state index contributed by atoms with van der Waals surface area (Å²) in [6.07, 6.45) is -3.09. The van der Waals surface area contributed by atoms with Crippen LogP contribution in [0.1, 0.15) is 33.6 Å². The maximum atomic E-state index is 12.7. The average Bonchev–Trinajstić information content (AvgIpc) is 2.15. The molecule has 4 heteroatoms. The molecule has 2 unspecified atom stereocenters. The van der Waals surface area contributed by atoms with Gasteiger partial charge in [-0.05, 0) is 31.2 Å². The van der Waals surface area contributed by atoms with Crippen LogP contribution in [0, 0.1) is 11.8 Å². The summed E-state index contributed by atoms with van der Waals surface area (Å²) in [4.78, 5) is 1.58. The van der Waals surface area contributed by atoms with Crippen LogP contribution in [0.5, 0.6) is 0 Å². The molecule has 1 heterocycles. The monoisotopic (exact) mass is 223 g/mol. The highest BCUT2D eigenvalue weighted by atomic mass is 19.4. The first kappa shape index (κ1) is 12.8. The standard InChI is InChI=1S/C11H20F3N/c1-4-15-7-9(8(2)3)5-6-10(15)11(12,13)14/h8-10H,4-7H2,1-3H3. The molecular formula is C11H20F3N. The van der Waals surface area contributed by atoms with Crippen LogP contribution < -0.4 is 0 Å². The van der Waals surface area contributed by atoms with Crippen LogP contribution in [0.3, 0.4) is 0 Å². The Labute approximate surface area is 89.6 Å². The Kier molecular flexibility index (Phi) is 4.04. The van der Waals surface area contributed by atoms with Gasteiger partial charge in [0, 0.05) is 6.54 Å². The number of likely N-dealkylation sites (tertiary alicyclic amines) is 1. The molecule has 0 amide bonds. The van der Waals surface area contributed by atoms with E-state index in [2.05, 4.69) is 13.8 Å². The van der Waals surface area contributed by atoms with E-state index in [0.717, 1.165) is 0 Å².